The molecule has 0 aliphatic rings. The second-order valence-electron chi connectivity index (χ2n) is 4.75. The Kier molecular flexibility index (Phi) is 3.44. The van der Waals surface area contributed by atoms with Crippen LogP contribution in [0.15, 0.2) is 54.9 Å². The third kappa shape index (κ3) is 2.28. The molecule has 2 nitrogen and oxygen atoms in total. The van der Waals surface area contributed by atoms with E-state index in [9.17, 15) is 4.39 Å². The van der Waals surface area contributed by atoms with Gasteiger partial charge in [0.1, 0.15) is 5.82 Å². The summed E-state index contributed by atoms with van der Waals surface area (Å²) in [5.41, 5.74) is 2.35. The molecule has 0 radical (unpaired) electrons. The van der Waals surface area contributed by atoms with Gasteiger partial charge in [-0.05, 0) is 24.1 Å². The van der Waals surface area contributed by atoms with Gasteiger partial charge in [0, 0.05) is 35.5 Å². The molecular weight excluding hydrogens is 251 g/mol. The Bertz CT molecular complexity index is 748. The van der Waals surface area contributed by atoms with Crippen LogP contribution in [0.3, 0.4) is 0 Å². The van der Waals surface area contributed by atoms with Crippen molar-refractivity contribution in [2.24, 2.45) is 0 Å². The molecule has 0 bridgehead atoms. The van der Waals surface area contributed by atoms with Crippen molar-refractivity contribution in [3.63, 3.8) is 0 Å². The van der Waals surface area contributed by atoms with Crippen molar-refractivity contribution in [3.05, 3.63) is 66.2 Å². The molecular formula is C17H15FN2. The van der Waals surface area contributed by atoms with Crippen molar-refractivity contribution >= 4 is 10.8 Å². The van der Waals surface area contributed by atoms with Gasteiger partial charge in [0.25, 0.3) is 0 Å². The second kappa shape index (κ2) is 5.39. The van der Waals surface area contributed by atoms with E-state index in [1.165, 1.54) is 0 Å². The molecule has 0 spiro atoms. The van der Waals surface area contributed by atoms with E-state index in [1.807, 2.05) is 43.4 Å². The Balaban J connectivity index is 2.16. The Hall–Kier alpha value is -2.26. The molecule has 1 heterocycles. The molecule has 2 aromatic carbocycles. The molecule has 0 saturated heterocycles. The molecule has 0 saturated carbocycles. The molecule has 1 aromatic heterocycles. The Labute approximate surface area is 117 Å². The van der Waals surface area contributed by atoms with E-state index in [2.05, 4.69) is 10.3 Å². The summed E-state index contributed by atoms with van der Waals surface area (Å²) >= 11 is 0. The lowest BCUT2D eigenvalue weighted by Gasteiger charge is -2.09. The fraction of sp³-hybridized carbons (Fsp3) is 0.118. The summed E-state index contributed by atoms with van der Waals surface area (Å²) in [6.45, 7) is 0.658. The van der Waals surface area contributed by atoms with Crippen LogP contribution in [0, 0.1) is 5.82 Å². The zero-order valence-corrected chi connectivity index (χ0v) is 11.2. The monoisotopic (exact) mass is 266 g/mol. The summed E-state index contributed by atoms with van der Waals surface area (Å²) in [7, 11) is 1.85. The Morgan fingerprint density at radius 3 is 2.70 bits per heavy atom. The first-order valence-electron chi connectivity index (χ1n) is 6.56. The molecule has 3 rings (SSSR count). The topological polar surface area (TPSA) is 24.9 Å². The van der Waals surface area contributed by atoms with Gasteiger partial charge in [0.05, 0.1) is 0 Å². The van der Waals surface area contributed by atoms with Crippen LogP contribution in [-0.4, -0.2) is 12.0 Å². The first-order chi connectivity index (χ1) is 9.79. The number of aromatic nitrogens is 1. The summed E-state index contributed by atoms with van der Waals surface area (Å²) in [5, 5.41) is 5.05. The number of fused-ring (bicyclic) bond motifs is 1. The third-order valence-corrected chi connectivity index (χ3v) is 3.37. The molecule has 20 heavy (non-hydrogen) atoms. The van der Waals surface area contributed by atoms with Gasteiger partial charge in [-0.3, -0.25) is 4.98 Å². The maximum Gasteiger partial charge on any atom is 0.131 e. The van der Waals surface area contributed by atoms with Crippen LogP contribution < -0.4 is 5.32 Å². The molecule has 0 unspecified atom stereocenters. The number of nitrogens with one attached hydrogen (secondary N) is 1. The van der Waals surface area contributed by atoms with Crippen LogP contribution in [0.2, 0.25) is 0 Å². The maximum atomic E-state index is 14.3. The first-order valence-corrected chi connectivity index (χ1v) is 6.56. The summed E-state index contributed by atoms with van der Waals surface area (Å²) in [6, 6.07) is 13.2. The fourth-order valence-corrected chi connectivity index (χ4v) is 2.42. The minimum absolute atomic E-state index is 0.212. The van der Waals surface area contributed by atoms with Gasteiger partial charge >= 0.3 is 0 Å². The van der Waals surface area contributed by atoms with Gasteiger partial charge in [-0.25, -0.2) is 4.39 Å². The number of hydrogen-bond donors (Lipinski definition) is 1. The van der Waals surface area contributed by atoms with E-state index < -0.39 is 0 Å². The van der Waals surface area contributed by atoms with E-state index in [-0.39, 0.29) is 5.82 Å². The van der Waals surface area contributed by atoms with Crippen molar-refractivity contribution in [1.82, 2.24) is 10.3 Å². The first kappa shape index (κ1) is 12.8. The third-order valence-electron chi connectivity index (χ3n) is 3.37. The average molecular weight is 266 g/mol. The number of nitrogens with zero attached hydrogens (tertiary/aromatic N) is 1. The highest BCUT2D eigenvalue weighted by molar-refractivity contribution is 5.95. The zero-order chi connectivity index (χ0) is 13.9. The predicted octanol–water partition coefficient (Wildman–Crippen LogP) is 3.76. The largest absolute Gasteiger partial charge is 0.316 e. The molecule has 3 heteroatoms. The van der Waals surface area contributed by atoms with Crippen LogP contribution >= 0.6 is 0 Å². The fourth-order valence-electron chi connectivity index (χ4n) is 2.42. The zero-order valence-electron chi connectivity index (χ0n) is 11.2. The summed E-state index contributed by atoms with van der Waals surface area (Å²) in [6.07, 6.45) is 3.52. The number of halogens is 1. The minimum atomic E-state index is -0.212. The molecule has 0 aliphatic carbocycles. The van der Waals surface area contributed by atoms with Crippen LogP contribution in [0.25, 0.3) is 21.9 Å². The van der Waals surface area contributed by atoms with Crippen LogP contribution in [0.4, 0.5) is 4.39 Å². The molecule has 100 valence electrons. The van der Waals surface area contributed by atoms with Crippen molar-refractivity contribution < 1.29 is 4.39 Å². The summed E-state index contributed by atoms with van der Waals surface area (Å²) in [4.78, 5) is 4.21. The van der Waals surface area contributed by atoms with Gasteiger partial charge in [-0.2, -0.15) is 0 Å². The lowest BCUT2D eigenvalue weighted by molar-refractivity contribution is 0.627. The standard InChI is InChI=1S/C17H15FN2/c1-19-9-12-6-7-15(17(18)8-12)16-11-20-10-13-4-2-3-5-14(13)16/h2-8,10-11,19H,9H2,1H3. The van der Waals surface area contributed by atoms with E-state index in [0.29, 0.717) is 12.1 Å². The lowest BCUT2D eigenvalue weighted by Crippen LogP contribution is -2.05. The quantitative estimate of drug-likeness (QED) is 0.780. The molecule has 3 aromatic rings. The second-order valence-corrected chi connectivity index (χ2v) is 4.75. The number of pyridine rings is 1. The van der Waals surface area contributed by atoms with Crippen LogP contribution in [-0.2, 0) is 6.54 Å². The van der Waals surface area contributed by atoms with Gasteiger partial charge in [0.2, 0.25) is 0 Å². The minimum Gasteiger partial charge on any atom is -0.316 e. The normalized spacial score (nSPS) is 10.9. The van der Waals surface area contributed by atoms with E-state index in [1.54, 1.807) is 18.5 Å². The highest BCUT2D eigenvalue weighted by Gasteiger charge is 2.09. The molecule has 0 amide bonds. The highest BCUT2D eigenvalue weighted by atomic mass is 19.1. The maximum absolute atomic E-state index is 14.3. The van der Waals surface area contributed by atoms with Gasteiger partial charge in [-0.1, -0.05) is 36.4 Å². The molecule has 0 aliphatic heterocycles. The summed E-state index contributed by atoms with van der Waals surface area (Å²) < 4.78 is 14.3. The SMILES string of the molecule is CNCc1ccc(-c2cncc3ccccc23)c(F)c1. The van der Waals surface area contributed by atoms with Gasteiger partial charge in [0.15, 0.2) is 0 Å². The van der Waals surface area contributed by atoms with E-state index in [4.69, 9.17) is 0 Å². The number of rotatable bonds is 3. The highest BCUT2D eigenvalue weighted by Crippen LogP contribution is 2.29. The van der Waals surface area contributed by atoms with E-state index in [0.717, 1.165) is 21.9 Å². The summed E-state index contributed by atoms with van der Waals surface area (Å²) in [5.74, 6) is -0.212. The number of hydrogen-bond acceptors (Lipinski definition) is 2. The van der Waals surface area contributed by atoms with Gasteiger partial charge in [-0.15, -0.1) is 0 Å². The van der Waals surface area contributed by atoms with Crippen molar-refractivity contribution in [2.75, 3.05) is 7.05 Å². The smallest absolute Gasteiger partial charge is 0.131 e. The number of benzene rings is 2. The Morgan fingerprint density at radius 2 is 1.90 bits per heavy atom. The van der Waals surface area contributed by atoms with E-state index >= 15 is 0 Å². The molecule has 1 N–H and O–H groups in total. The van der Waals surface area contributed by atoms with Crippen molar-refractivity contribution in [2.45, 2.75) is 6.54 Å². The molecule has 0 fully saturated rings. The average Bonchev–Trinajstić information content (AvgIpc) is 2.47. The van der Waals surface area contributed by atoms with Crippen LogP contribution in [0.5, 0.6) is 0 Å². The van der Waals surface area contributed by atoms with Crippen molar-refractivity contribution in [1.29, 1.82) is 0 Å². The predicted molar refractivity (Wildman–Crippen MR) is 79.9 cm³/mol. The van der Waals surface area contributed by atoms with Gasteiger partial charge < -0.3 is 5.32 Å². The lowest BCUT2D eigenvalue weighted by atomic mass is 9.99. The van der Waals surface area contributed by atoms with Crippen molar-refractivity contribution in [3.8, 4) is 11.1 Å². The molecule has 0 atom stereocenters. The van der Waals surface area contributed by atoms with Crippen LogP contribution in [0.1, 0.15) is 5.56 Å². The Morgan fingerprint density at radius 1 is 1.05 bits per heavy atom.